The predicted molar refractivity (Wildman–Crippen MR) is 139 cm³/mol. The average molecular weight is 463 g/mol. The second kappa shape index (κ2) is 10.2. The molecule has 0 fully saturated rings. The Morgan fingerprint density at radius 1 is 0.912 bits per heavy atom. The number of rotatable bonds is 8. The van der Waals surface area contributed by atoms with Gasteiger partial charge < -0.3 is 14.2 Å². The number of methoxy groups -OCH3 is 3. The molecule has 4 rings (SSSR count). The van der Waals surface area contributed by atoms with Gasteiger partial charge in [0, 0.05) is 19.1 Å². The monoisotopic (exact) mass is 462 g/mol. The van der Waals surface area contributed by atoms with Gasteiger partial charge in [0.05, 0.1) is 27.5 Å². The van der Waals surface area contributed by atoms with Crippen LogP contribution < -0.4 is 14.2 Å². The van der Waals surface area contributed by atoms with Crippen molar-refractivity contribution in [2.24, 2.45) is 0 Å². The minimum absolute atomic E-state index is 0.295. The summed E-state index contributed by atoms with van der Waals surface area (Å²) in [6, 6.07) is 15.7. The van der Waals surface area contributed by atoms with Crippen molar-refractivity contribution in [2.75, 3.05) is 34.9 Å². The lowest BCUT2D eigenvalue weighted by Gasteiger charge is -2.42. The SMILES string of the molecule is CCC(N1CCc2cc(OC)c(OC)cc2C1)N(C)C(C)c1ccc2c(C)c(OC)ccc2c1. The standard InChI is InChI=1S/C29H38N2O3/c1-8-29(31-14-13-22-16-27(33-6)28(34-7)17-24(22)18-31)30(4)20(3)21-9-11-25-19(2)26(32-5)12-10-23(25)15-21/h9-12,15-17,20,29H,8,13-14,18H2,1-7H3. The first-order valence-electron chi connectivity index (χ1n) is 12.2. The van der Waals surface area contributed by atoms with Crippen molar-refractivity contribution < 1.29 is 14.2 Å². The first-order chi connectivity index (χ1) is 16.4. The van der Waals surface area contributed by atoms with E-state index in [4.69, 9.17) is 14.2 Å². The summed E-state index contributed by atoms with van der Waals surface area (Å²) in [6.07, 6.45) is 2.43. The second-order valence-corrected chi connectivity index (χ2v) is 9.30. The molecule has 0 saturated carbocycles. The third kappa shape index (κ3) is 4.47. The van der Waals surface area contributed by atoms with Gasteiger partial charge in [-0.2, -0.15) is 0 Å². The normalized spacial score (nSPS) is 15.8. The summed E-state index contributed by atoms with van der Waals surface area (Å²) in [5.41, 5.74) is 5.22. The molecule has 1 aliphatic heterocycles. The lowest BCUT2D eigenvalue weighted by molar-refractivity contribution is 0.0232. The third-order valence-corrected chi connectivity index (χ3v) is 7.58. The van der Waals surface area contributed by atoms with Crippen molar-refractivity contribution in [3.8, 4) is 17.2 Å². The van der Waals surface area contributed by atoms with Gasteiger partial charge in [0.2, 0.25) is 0 Å². The molecular weight excluding hydrogens is 424 g/mol. The smallest absolute Gasteiger partial charge is 0.161 e. The number of hydrogen-bond donors (Lipinski definition) is 0. The molecule has 5 nitrogen and oxygen atoms in total. The number of benzene rings is 3. The minimum atomic E-state index is 0.295. The molecule has 3 aromatic rings. The summed E-state index contributed by atoms with van der Waals surface area (Å²) < 4.78 is 16.6. The highest BCUT2D eigenvalue weighted by Gasteiger charge is 2.29. The summed E-state index contributed by atoms with van der Waals surface area (Å²) in [6.45, 7) is 8.68. The number of nitrogens with zero attached hydrogens (tertiary/aromatic N) is 2. The lowest BCUT2D eigenvalue weighted by atomic mass is 9.96. The predicted octanol–water partition coefficient (Wildman–Crippen LogP) is 5.96. The molecule has 34 heavy (non-hydrogen) atoms. The Morgan fingerprint density at radius 2 is 1.59 bits per heavy atom. The van der Waals surface area contributed by atoms with Crippen LogP contribution in [0.25, 0.3) is 10.8 Å². The zero-order chi connectivity index (χ0) is 24.4. The van der Waals surface area contributed by atoms with E-state index in [0.717, 1.165) is 43.2 Å². The molecule has 2 unspecified atom stereocenters. The summed E-state index contributed by atoms with van der Waals surface area (Å²) in [5, 5.41) is 2.51. The highest BCUT2D eigenvalue weighted by atomic mass is 16.5. The van der Waals surface area contributed by atoms with Gasteiger partial charge in [-0.15, -0.1) is 0 Å². The van der Waals surface area contributed by atoms with Crippen molar-refractivity contribution in [2.45, 2.75) is 52.4 Å². The van der Waals surface area contributed by atoms with E-state index in [9.17, 15) is 0 Å². The maximum absolute atomic E-state index is 5.56. The van der Waals surface area contributed by atoms with E-state index in [-0.39, 0.29) is 0 Å². The molecule has 0 spiro atoms. The lowest BCUT2D eigenvalue weighted by Crippen LogP contribution is -2.49. The van der Waals surface area contributed by atoms with Crippen LogP contribution in [0.15, 0.2) is 42.5 Å². The first kappa shape index (κ1) is 24.4. The quantitative estimate of drug-likeness (QED) is 0.413. The highest BCUT2D eigenvalue weighted by Crippen LogP contribution is 2.35. The summed E-state index contributed by atoms with van der Waals surface area (Å²) in [7, 11) is 7.40. The summed E-state index contributed by atoms with van der Waals surface area (Å²) in [5.74, 6) is 2.56. The summed E-state index contributed by atoms with van der Waals surface area (Å²) in [4.78, 5) is 5.12. The van der Waals surface area contributed by atoms with Gasteiger partial charge in [0.25, 0.3) is 0 Å². The molecule has 0 aromatic heterocycles. The zero-order valence-corrected chi connectivity index (χ0v) is 21.6. The van der Waals surface area contributed by atoms with Crippen molar-refractivity contribution in [3.05, 3.63) is 64.7 Å². The number of aryl methyl sites for hydroxylation is 1. The maximum Gasteiger partial charge on any atom is 0.161 e. The fraction of sp³-hybridized carbons (Fsp3) is 0.448. The van der Waals surface area contributed by atoms with Crippen molar-refractivity contribution in [3.63, 3.8) is 0 Å². The zero-order valence-electron chi connectivity index (χ0n) is 21.6. The molecule has 0 amide bonds. The largest absolute Gasteiger partial charge is 0.496 e. The molecule has 0 aliphatic carbocycles. The van der Waals surface area contributed by atoms with E-state index in [1.165, 1.54) is 33.0 Å². The van der Waals surface area contributed by atoms with Gasteiger partial charge in [0.15, 0.2) is 11.5 Å². The Balaban J connectivity index is 1.56. The molecular formula is C29H38N2O3. The van der Waals surface area contributed by atoms with E-state index in [1.807, 2.05) is 0 Å². The van der Waals surface area contributed by atoms with Gasteiger partial charge in [-0.25, -0.2) is 0 Å². The van der Waals surface area contributed by atoms with Crippen LogP contribution in [0.4, 0.5) is 0 Å². The minimum Gasteiger partial charge on any atom is -0.496 e. The van der Waals surface area contributed by atoms with E-state index < -0.39 is 0 Å². The van der Waals surface area contributed by atoms with Gasteiger partial charge in [-0.1, -0.05) is 25.1 Å². The molecule has 1 aliphatic rings. The number of fused-ring (bicyclic) bond motifs is 2. The van der Waals surface area contributed by atoms with Crippen molar-refractivity contribution in [1.29, 1.82) is 0 Å². The molecule has 3 aromatic carbocycles. The van der Waals surface area contributed by atoms with Crippen LogP contribution in [-0.4, -0.2) is 50.9 Å². The van der Waals surface area contributed by atoms with Crippen LogP contribution in [0.3, 0.4) is 0 Å². The Labute approximate surface area is 204 Å². The third-order valence-electron chi connectivity index (χ3n) is 7.58. The maximum atomic E-state index is 5.56. The average Bonchev–Trinajstić information content (AvgIpc) is 2.87. The molecule has 0 saturated heterocycles. The van der Waals surface area contributed by atoms with E-state index in [2.05, 4.69) is 80.1 Å². The highest BCUT2D eigenvalue weighted by molar-refractivity contribution is 5.88. The Morgan fingerprint density at radius 3 is 2.24 bits per heavy atom. The Bertz CT molecular complexity index is 1160. The first-order valence-corrected chi connectivity index (χ1v) is 12.2. The van der Waals surface area contributed by atoms with Gasteiger partial charge in [-0.05, 0) is 91.0 Å². The Kier molecular flexibility index (Phi) is 7.34. The van der Waals surface area contributed by atoms with Crippen LogP contribution in [0.1, 0.15) is 48.6 Å². The molecule has 0 N–H and O–H groups in total. The van der Waals surface area contributed by atoms with E-state index >= 15 is 0 Å². The number of hydrogen-bond acceptors (Lipinski definition) is 5. The van der Waals surface area contributed by atoms with Crippen LogP contribution in [0.5, 0.6) is 17.2 Å². The number of ether oxygens (including phenoxy) is 3. The van der Waals surface area contributed by atoms with Crippen LogP contribution in [-0.2, 0) is 13.0 Å². The molecule has 2 atom stereocenters. The summed E-state index contributed by atoms with van der Waals surface area (Å²) >= 11 is 0. The topological polar surface area (TPSA) is 34.2 Å². The fourth-order valence-corrected chi connectivity index (χ4v) is 5.42. The van der Waals surface area contributed by atoms with Crippen LogP contribution >= 0.6 is 0 Å². The Hall–Kier alpha value is -2.76. The second-order valence-electron chi connectivity index (χ2n) is 9.30. The van der Waals surface area contributed by atoms with E-state index in [0.29, 0.717) is 12.2 Å². The van der Waals surface area contributed by atoms with Gasteiger partial charge in [0.1, 0.15) is 5.75 Å². The molecule has 1 heterocycles. The van der Waals surface area contributed by atoms with Gasteiger partial charge in [-0.3, -0.25) is 9.80 Å². The molecule has 5 heteroatoms. The van der Waals surface area contributed by atoms with Crippen LogP contribution in [0.2, 0.25) is 0 Å². The van der Waals surface area contributed by atoms with Crippen molar-refractivity contribution >= 4 is 10.8 Å². The van der Waals surface area contributed by atoms with Crippen LogP contribution in [0, 0.1) is 6.92 Å². The molecule has 0 bridgehead atoms. The fourth-order valence-electron chi connectivity index (χ4n) is 5.42. The molecule has 0 radical (unpaired) electrons. The molecule has 182 valence electrons. The van der Waals surface area contributed by atoms with E-state index in [1.54, 1.807) is 21.3 Å². The van der Waals surface area contributed by atoms with Crippen molar-refractivity contribution in [1.82, 2.24) is 9.80 Å². The van der Waals surface area contributed by atoms with Gasteiger partial charge >= 0.3 is 0 Å².